The summed E-state index contributed by atoms with van der Waals surface area (Å²) >= 11 is 0. The third-order valence-electron chi connectivity index (χ3n) is 4.78. The van der Waals surface area contributed by atoms with Crippen molar-refractivity contribution >= 4 is 17.5 Å². The zero-order chi connectivity index (χ0) is 19.9. The molecule has 6 nitrogen and oxygen atoms in total. The van der Waals surface area contributed by atoms with E-state index in [0.717, 1.165) is 26.7 Å². The number of carbonyl (C=O) groups is 1. The molecule has 1 amide bonds. The fraction of sp³-hybridized carbons (Fsp3) is 0.556. The van der Waals surface area contributed by atoms with Gasteiger partial charge in [-0.3, -0.25) is 5.32 Å². The molecule has 1 fully saturated rings. The summed E-state index contributed by atoms with van der Waals surface area (Å²) < 4.78 is 48.7. The highest BCUT2D eigenvalue weighted by molar-refractivity contribution is 5.86. The van der Waals surface area contributed by atoms with Crippen LogP contribution in [0, 0.1) is 16.7 Å². The van der Waals surface area contributed by atoms with Gasteiger partial charge in [-0.15, -0.1) is 0 Å². The first-order valence-electron chi connectivity index (χ1n) is 8.56. The third-order valence-corrected chi connectivity index (χ3v) is 4.78. The lowest BCUT2D eigenvalue weighted by Crippen LogP contribution is -2.44. The van der Waals surface area contributed by atoms with E-state index >= 15 is 0 Å². The van der Waals surface area contributed by atoms with E-state index in [1.54, 1.807) is 12.1 Å². The Kier molecular flexibility index (Phi) is 4.62. The van der Waals surface area contributed by atoms with Crippen LogP contribution in [0.2, 0.25) is 0 Å². The minimum absolute atomic E-state index is 0.129. The van der Waals surface area contributed by atoms with E-state index in [0.29, 0.717) is 24.4 Å². The lowest BCUT2D eigenvalue weighted by Gasteiger charge is -2.29. The van der Waals surface area contributed by atoms with Crippen LogP contribution in [0.15, 0.2) is 18.2 Å². The number of nitrogens with zero attached hydrogens (tertiary/aromatic N) is 1. The van der Waals surface area contributed by atoms with Gasteiger partial charge in [0.25, 0.3) is 0 Å². The van der Waals surface area contributed by atoms with Crippen LogP contribution < -0.4 is 15.4 Å². The fourth-order valence-corrected chi connectivity index (χ4v) is 2.79. The highest BCUT2D eigenvalue weighted by Gasteiger charge is 2.51. The maximum absolute atomic E-state index is 12.8. The van der Waals surface area contributed by atoms with Crippen LogP contribution in [0.25, 0.3) is 0 Å². The fourth-order valence-electron chi connectivity index (χ4n) is 2.79. The Morgan fingerprint density at radius 3 is 2.74 bits per heavy atom. The molecule has 0 saturated heterocycles. The molecule has 1 aliphatic carbocycles. The van der Waals surface area contributed by atoms with E-state index in [1.165, 1.54) is 6.07 Å². The molecule has 0 spiro atoms. The van der Waals surface area contributed by atoms with Crippen molar-refractivity contribution in [1.29, 1.82) is 5.26 Å². The highest BCUT2D eigenvalue weighted by atomic mass is 19.4. The number of carbonyl (C=O) groups excluding carboxylic acids is 1. The second kappa shape index (κ2) is 6.51. The number of alkyl halides is 3. The van der Waals surface area contributed by atoms with Gasteiger partial charge in [-0.1, -0.05) is 0 Å². The van der Waals surface area contributed by atoms with Gasteiger partial charge in [0, 0.05) is 12.1 Å². The van der Waals surface area contributed by atoms with Crippen molar-refractivity contribution in [3.8, 4) is 11.8 Å². The van der Waals surface area contributed by atoms with Crippen LogP contribution in [0.5, 0.6) is 5.75 Å². The summed E-state index contributed by atoms with van der Waals surface area (Å²) in [4.78, 5) is 11.8. The normalized spacial score (nSPS) is 20.4. The summed E-state index contributed by atoms with van der Waals surface area (Å²) in [6.45, 7) is 2.07. The van der Waals surface area contributed by atoms with Crippen molar-refractivity contribution in [3.05, 3.63) is 18.2 Å². The van der Waals surface area contributed by atoms with Gasteiger partial charge in [-0.05, 0) is 44.9 Å². The summed E-state index contributed by atoms with van der Waals surface area (Å²) in [6.07, 6.45) is -3.58. The van der Waals surface area contributed by atoms with Gasteiger partial charge in [0.1, 0.15) is 11.9 Å². The minimum atomic E-state index is -4.67. The summed E-state index contributed by atoms with van der Waals surface area (Å²) in [5.41, 5.74) is -1.98. The van der Waals surface area contributed by atoms with Crippen LogP contribution in [-0.4, -0.2) is 30.5 Å². The standard InChI is InChI=1S/C18H20F3N3O3/c1-16(2,18(19,20)21)27-15(25)24-11-3-4-14-13(7-11)23-9-12(26-14)8-17(10-22)5-6-17/h3-4,7,12,23H,5-6,8-9H2,1-2H3,(H,24,25)/t12-/m1/s1. The quantitative estimate of drug-likeness (QED) is 0.803. The number of nitrogens with one attached hydrogen (secondary N) is 2. The number of hydrogen-bond acceptors (Lipinski definition) is 5. The number of amides is 1. The molecule has 0 aromatic heterocycles. The average Bonchev–Trinajstić information content (AvgIpc) is 3.33. The van der Waals surface area contributed by atoms with E-state index in [4.69, 9.17) is 4.74 Å². The molecule has 0 radical (unpaired) electrons. The van der Waals surface area contributed by atoms with Crippen molar-refractivity contribution < 1.29 is 27.4 Å². The predicted molar refractivity (Wildman–Crippen MR) is 91.5 cm³/mol. The molecular weight excluding hydrogens is 363 g/mol. The van der Waals surface area contributed by atoms with Gasteiger partial charge in [-0.2, -0.15) is 18.4 Å². The predicted octanol–water partition coefficient (Wildman–Crippen LogP) is 4.44. The Bertz CT molecular complexity index is 782. The minimum Gasteiger partial charge on any atom is -0.486 e. The number of halogens is 3. The van der Waals surface area contributed by atoms with Crippen molar-refractivity contribution in [3.63, 3.8) is 0 Å². The number of anilines is 2. The lowest BCUT2D eigenvalue weighted by molar-refractivity contribution is -0.242. The molecule has 146 valence electrons. The number of fused-ring (bicyclic) bond motifs is 1. The van der Waals surface area contributed by atoms with Gasteiger partial charge < -0.3 is 14.8 Å². The van der Waals surface area contributed by atoms with Crippen molar-refractivity contribution in [1.82, 2.24) is 0 Å². The first-order valence-corrected chi connectivity index (χ1v) is 8.56. The second-order valence-corrected chi connectivity index (χ2v) is 7.45. The molecule has 0 unspecified atom stereocenters. The van der Waals surface area contributed by atoms with Crippen LogP contribution in [0.1, 0.15) is 33.1 Å². The summed E-state index contributed by atoms with van der Waals surface area (Å²) in [6, 6.07) is 7.03. The second-order valence-electron chi connectivity index (χ2n) is 7.45. The Labute approximate surface area is 154 Å². The Morgan fingerprint density at radius 1 is 1.44 bits per heavy atom. The molecule has 1 atom stereocenters. The molecule has 2 aliphatic rings. The molecule has 27 heavy (non-hydrogen) atoms. The lowest BCUT2D eigenvalue weighted by atomic mass is 9.99. The maximum atomic E-state index is 12.8. The van der Waals surface area contributed by atoms with Crippen LogP contribution in [0.3, 0.4) is 0 Å². The molecule has 1 heterocycles. The van der Waals surface area contributed by atoms with Crippen molar-refractivity contribution in [2.75, 3.05) is 17.2 Å². The number of ether oxygens (including phenoxy) is 2. The number of benzene rings is 1. The molecule has 1 aliphatic heterocycles. The van der Waals surface area contributed by atoms with Gasteiger partial charge in [0.2, 0.25) is 5.60 Å². The molecule has 0 bridgehead atoms. The zero-order valence-corrected chi connectivity index (χ0v) is 14.9. The monoisotopic (exact) mass is 383 g/mol. The number of hydrogen-bond donors (Lipinski definition) is 2. The summed E-state index contributed by atoms with van der Waals surface area (Å²) in [5.74, 6) is 0.564. The molecule has 1 saturated carbocycles. The number of rotatable bonds is 4. The van der Waals surface area contributed by atoms with Crippen LogP contribution in [0.4, 0.5) is 29.3 Å². The Hall–Kier alpha value is -2.63. The first kappa shape index (κ1) is 19.1. The largest absolute Gasteiger partial charge is 0.486 e. The van der Waals surface area contributed by atoms with Crippen molar-refractivity contribution in [2.45, 2.75) is 51.0 Å². The Morgan fingerprint density at radius 2 is 2.15 bits per heavy atom. The van der Waals surface area contributed by atoms with Crippen LogP contribution in [-0.2, 0) is 4.74 Å². The molecule has 3 rings (SSSR count). The topological polar surface area (TPSA) is 83.4 Å². The smallest absolute Gasteiger partial charge is 0.427 e. The molecular formula is C18H20F3N3O3. The van der Waals surface area contributed by atoms with E-state index in [-0.39, 0.29) is 17.2 Å². The molecule has 9 heteroatoms. The third kappa shape index (κ3) is 4.21. The molecule has 1 aromatic rings. The number of nitriles is 1. The summed E-state index contributed by atoms with van der Waals surface area (Å²) in [5, 5.41) is 14.6. The average molecular weight is 383 g/mol. The molecule has 2 N–H and O–H groups in total. The van der Waals surface area contributed by atoms with E-state index in [2.05, 4.69) is 21.4 Å². The van der Waals surface area contributed by atoms with E-state index < -0.39 is 17.9 Å². The van der Waals surface area contributed by atoms with Crippen LogP contribution >= 0.6 is 0 Å². The Balaban J connectivity index is 1.61. The van der Waals surface area contributed by atoms with E-state index in [9.17, 15) is 23.2 Å². The zero-order valence-electron chi connectivity index (χ0n) is 14.9. The van der Waals surface area contributed by atoms with Crippen molar-refractivity contribution in [2.24, 2.45) is 5.41 Å². The van der Waals surface area contributed by atoms with E-state index in [1.807, 2.05) is 0 Å². The maximum Gasteiger partial charge on any atom is 0.427 e. The first-order chi connectivity index (χ1) is 12.5. The van der Waals surface area contributed by atoms with Gasteiger partial charge in [-0.25, -0.2) is 4.79 Å². The van der Waals surface area contributed by atoms with Gasteiger partial charge in [0.05, 0.1) is 23.7 Å². The molecule has 1 aromatic carbocycles. The summed E-state index contributed by atoms with van der Waals surface area (Å²) in [7, 11) is 0. The van der Waals surface area contributed by atoms with Gasteiger partial charge in [0.15, 0.2) is 0 Å². The van der Waals surface area contributed by atoms with Gasteiger partial charge >= 0.3 is 12.3 Å². The SMILES string of the molecule is CC(C)(OC(=O)Nc1ccc2c(c1)NC[C@@H](CC1(C#N)CC1)O2)C(F)(F)F. The highest BCUT2D eigenvalue weighted by Crippen LogP contribution is 2.50.